The minimum absolute atomic E-state index is 0.00236. The Morgan fingerprint density at radius 1 is 0.972 bits per heavy atom. The van der Waals surface area contributed by atoms with Gasteiger partial charge in [-0.15, -0.1) is 15.3 Å². The highest BCUT2D eigenvalue weighted by molar-refractivity contribution is 5.79. The maximum atomic E-state index is 12.8. The second-order valence-corrected chi connectivity index (χ2v) is 8.77. The van der Waals surface area contributed by atoms with E-state index in [1.165, 1.54) is 0 Å². The zero-order valence-electron chi connectivity index (χ0n) is 20.6. The summed E-state index contributed by atoms with van der Waals surface area (Å²) in [6, 6.07) is 19.4. The maximum absolute atomic E-state index is 12.8. The average molecular weight is 487 g/mol. The Kier molecular flexibility index (Phi) is 6.97. The van der Waals surface area contributed by atoms with Crippen molar-refractivity contribution in [1.29, 1.82) is 0 Å². The molecule has 1 aliphatic rings. The molecule has 1 N–H and O–H groups in total. The van der Waals surface area contributed by atoms with Gasteiger partial charge in [0.1, 0.15) is 17.3 Å². The van der Waals surface area contributed by atoms with Crippen LogP contribution in [0.25, 0.3) is 17.0 Å². The van der Waals surface area contributed by atoms with Crippen molar-refractivity contribution in [1.82, 2.24) is 25.1 Å². The first-order valence-corrected chi connectivity index (χ1v) is 12.3. The molecular weight excluding hydrogens is 456 g/mol. The highest BCUT2D eigenvalue weighted by Gasteiger charge is 2.26. The van der Waals surface area contributed by atoms with E-state index < -0.39 is 0 Å². The zero-order chi connectivity index (χ0) is 24.9. The van der Waals surface area contributed by atoms with Gasteiger partial charge in [-0.25, -0.2) is 0 Å². The van der Waals surface area contributed by atoms with E-state index in [1.54, 1.807) is 11.6 Å². The molecule has 1 aliphatic heterocycles. The molecule has 0 atom stereocenters. The summed E-state index contributed by atoms with van der Waals surface area (Å²) in [5, 5.41) is 16.5. The van der Waals surface area contributed by atoms with Crippen LogP contribution >= 0.6 is 0 Å². The van der Waals surface area contributed by atoms with E-state index in [0.29, 0.717) is 24.6 Å². The standard InChI is InChI=1S/C27H30N6O3/c1-3-36-23-8-4-19(5-9-23)18-28-27(34)21-14-16-32(17-15-21)25-13-12-24-29-30-26(33(24)31-25)20-6-10-22(35-2)11-7-20/h4-13,21H,3,14-18H2,1-2H3,(H,28,34). The Balaban J connectivity index is 1.20. The number of hydrogen-bond acceptors (Lipinski definition) is 7. The fourth-order valence-electron chi connectivity index (χ4n) is 4.44. The number of amides is 1. The fraction of sp³-hybridized carbons (Fsp3) is 0.333. The molecule has 9 nitrogen and oxygen atoms in total. The number of carbonyl (C=O) groups excluding carboxylic acids is 1. The lowest BCUT2D eigenvalue weighted by Crippen LogP contribution is -2.40. The summed E-state index contributed by atoms with van der Waals surface area (Å²) >= 11 is 0. The predicted octanol–water partition coefficient (Wildman–Crippen LogP) is 3.73. The first kappa shape index (κ1) is 23.6. The number of hydrogen-bond donors (Lipinski definition) is 1. The number of benzene rings is 2. The number of nitrogens with one attached hydrogen (secondary N) is 1. The van der Waals surface area contributed by atoms with Crippen molar-refractivity contribution in [3.8, 4) is 22.9 Å². The summed E-state index contributed by atoms with van der Waals surface area (Å²) in [5.74, 6) is 3.26. The molecule has 0 aliphatic carbocycles. The first-order chi connectivity index (χ1) is 17.6. The van der Waals surface area contributed by atoms with Crippen LogP contribution in [-0.2, 0) is 11.3 Å². The van der Waals surface area contributed by atoms with E-state index in [1.807, 2.05) is 67.6 Å². The minimum atomic E-state index is -0.00236. The van der Waals surface area contributed by atoms with Gasteiger partial charge in [-0.2, -0.15) is 4.52 Å². The minimum Gasteiger partial charge on any atom is -0.497 e. The Morgan fingerprint density at radius 2 is 1.69 bits per heavy atom. The van der Waals surface area contributed by atoms with Crippen molar-refractivity contribution in [2.24, 2.45) is 5.92 Å². The van der Waals surface area contributed by atoms with Crippen molar-refractivity contribution in [2.75, 3.05) is 31.7 Å². The Labute approximate surface area is 210 Å². The number of aromatic nitrogens is 4. The number of fused-ring (bicyclic) bond motifs is 1. The summed E-state index contributed by atoms with van der Waals surface area (Å²) in [6.07, 6.45) is 1.56. The van der Waals surface area contributed by atoms with Gasteiger partial charge in [-0.3, -0.25) is 4.79 Å². The molecule has 0 radical (unpaired) electrons. The lowest BCUT2D eigenvalue weighted by Gasteiger charge is -2.32. The molecule has 36 heavy (non-hydrogen) atoms. The topological polar surface area (TPSA) is 93.9 Å². The molecule has 9 heteroatoms. The number of methoxy groups -OCH3 is 1. The molecule has 3 heterocycles. The molecule has 2 aromatic carbocycles. The van der Waals surface area contributed by atoms with Gasteiger partial charge >= 0.3 is 0 Å². The number of piperidine rings is 1. The second-order valence-electron chi connectivity index (χ2n) is 8.77. The highest BCUT2D eigenvalue weighted by atomic mass is 16.5. The molecule has 1 saturated heterocycles. The van der Waals surface area contributed by atoms with Gasteiger partial charge in [0.25, 0.3) is 0 Å². The van der Waals surface area contributed by atoms with Crippen LogP contribution < -0.4 is 19.7 Å². The van der Waals surface area contributed by atoms with Crippen LogP contribution in [-0.4, -0.2) is 52.5 Å². The normalized spacial score (nSPS) is 14.1. The number of rotatable bonds is 8. The quantitative estimate of drug-likeness (QED) is 0.406. The second kappa shape index (κ2) is 10.6. The Bertz CT molecular complexity index is 1310. The summed E-state index contributed by atoms with van der Waals surface area (Å²) in [7, 11) is 1.64. The number of carbonyl (C=O) groups is 1. The van der Waals surface area contributed by atoms with Crippen LogP contribution in [0.5, 0.6) is 11.5 Å². The molecule has 0 unspecified atom stereocenters. The zero-order valence-corrected chi connectivity index (χ0v) is 20.6. The van der Waals surface area contributed by atoms with Crippen molar-refractivity contribution in [2.45, 2.75) is 26.3 Å². The smallest absolute Gasteiger partial charge is 0.223 e. The van der Waals surface area contributed by atoms with E-state index in [2.05, 4.69) is 20.4 Å². The predicted molar refractivity (Wildman–Crippen MR) is 137 cm³/mol. The molecule has 4 aromatic rings. The summed E-state index contributed by atoms with van der Waals surface area (Å²) < 4.78 is 12.5. The van der Waals surface area contributed by atoms with Crippen LogP contribution in [0.15, 0.2) is 60.7 Å². The Hall–Kier alpha value is -4.14. The average Bonchev–Trinajstić information content (AvgIpc) is 3.36. The maximum Gasteiger partial charge on any atom is 0.223 e. The van der Waals surface area contributed by atoms with Crippen molar-refractivity contribution in [3.05, 3.63) is 66.2 Å². The third-order valence-corrected chi connectivity index (χ3v) is 6.49. The van der Waals surface area contributed by atoms with Gasteiger partial charge in [0.05, 0.1) is 13.7 Å². The van der Waals surface area contributed by atoms with Gasteiger partial charge < -0.3 is 19.7 Å². The molecule has 0 bridgehead atoms. The molecule has 0 spiro atoms. The number of nitrogens with zero attached hydrogens (tertiary/aromatic N) is 5. The molecule has 2 aromatic heterocycles. The van der Waals surface area contributed by atoms with E-state index in [0.717, 1.165) is 54.4 Å². The van der Waals surface area contributed by atoms with Gasteiger partial charge in [0.15, 0.2) is 11.5 Å². The third kappa shape index (κ3) is 5.10. The van der Waals surface area contributed by atoms with Crippen LogP contribution in [0.2, 0.25) is 0 Å². The Morgan fingerprint density at radius 3 is 2.39 bits per heavy atom. The lowest BCUT2D eigenvalue weighted by atomic mass is 9.96. The molecular formula is C27H30N6O3. The van der Waals surface area contributed by atoms with Gasteiger partial charge in [0.2, 0.25) is 5.91 Å². The van der Waals surface area contributed by atoms with Crippen molar-refractivity contribution >= 4 is 17.4 Å². The molecule has 1 fully saturated rings. The molecule has 0 saturated carbocycles. The van der Waals surface area contributed by atoms with E-state index in [-0.39, 0.29) is 11.8 Å². The third-order valence-electron chi connectivity index (χ3n) is 6.49. The van der Waals surface area contributed by atoms with E-state index in [9.17, 15) is 4.79 Å². The summed E-state index contributed by atoms with van der Waals surface area (Å²) in [6.45, 7) is 4.65. The first-order valence-electron chi connectivity index (χ1n) is 12.3. The van der Waals surface area contributed by atoms with Gasteiger partial charge in [0, 0.05) is 31.1 Å². The van der Waals surface area contributed by atoms with Crippen LogP contribution in [0.3, 0.4) is 0 Å². The SMILES string of the molecule is CCOc1ccc(CNC(=O)C2CCN(c3ccc4nnc(-c5ccc(OC)cc5)n4n3)CC2)cc1. The van der Waals surface area contributed by atoms with Crippen LogP contribution in [0, 0.1) is 5.92 Å². The van der Waals surface area contributed by atoms with Gasteiger partial charge in [-0.1, -0.05) is 12.1 Å². The monoisotopic (exact) mass is 486 g/mol. The number of ether oxygens (including phenoxy) is 2. The largest absolute Gasteiger partial charge is 0.497 e. The fourth-order valence-corrected chi connectivity index (χ4v) is 4.44. The summed E-state index contributed by atoms with van der Waals surface area (Å²) in [4.78, 5) is 15.0. The van der Waals surface area contributed by atoms with Gasteiger partial charge in [-0.05, 0) is 73.9 Å². The molecule has 5 rings (SSSR count). The number of anilines is 1. The highest BCUT2D eigenvalue weighted by Crippen LogP contribution is 2.25. The van der Waals surface area contributed by atoms with Crippen molar-refractivity contribution in [3.63, 3.8) is 0 Å². The van der Waals surface area contributed by atoms with E-state index >= 15 is 0 Å². The summed E-state index contributed by atoms with van der Waals surface area (Å²) in [5.41, 5.74) is 2.66. The molecule has 186 valence electrons. The molecule has 1 amide bonds. The van der Waals surface area contributed by atoms with Crippen LogP contribution in [0.1, 0.15) is 25.3 Å². The van der Waals surface area contributed by atoms with Crippen LogP contribution in [0.4, 0.5) is 5.82 Å². The lowest BCUT2D eigenvalue weighted by molar-refractivity contribution is -0.125. The van der Waals surface area contributed by atoms with Crippen molar-refractivity contribution < 1.29 is 14.3 Å². The van der Waals surface area contributed by atoms with E-state index in [4.69, 9.17) is 14.6 Å².